The van der Waals surface area contributed by atoms with Crippen molar-refractivity contribution in [3.63, 3.8) is 0 Å². The van der Waals surface area contributed by atoms with Crippen molar-refractivity contribution < 1.29 is 4.39 Å². The van der Waals surface area contributed by atoms with Crippen LogP contribution >= 0.6 is 11.6 Å². The lowest BCUT2D eigenvalue weighted by Crippen LogP contribution is -2.44. The third kappa shape index (κ3) is 4.16. The highest BCUT2D eigenvalue weighted by Gasteiger charge is 2.21. The van der Waals surface area contributed by atoms with E-state index in [1.165, 1.54) is 6.07 Å². The van der Waals surface area contributed by atoms with Crippen LogP contribution in [0.1, 0.15) is 32.3 Å². The lowest BCUT2D eigenvalue weighted by atomic mass is 10.0. The lowest BCUT2D eigenvalue weighted by molar-refractivity contribution is 0.184. The first-order valence-corrected chi connectivity index (χ1v) is 7.35. The number of benzene rings is 1. The second-order valence-electron chi connectivity index (χ2n) is 5.57. The van der Waals surface area contributed by atoms with Crippen LogP contribution in [0, 0.1) is 5.82 Å². The summed E-state index contributed by atoms with van der Waals surface area (Å²) in [5.41, 5.74) is 0.624. The minimum Gasteiger partial charge on any atom is -0.312 e. The lowest BCUT2D eigenvalue weighted by Gasteiger charge is -2.33. The zero-order chi connectivity index (χ0) is 13.8. The minimum absolute atomic E-state index is 0.199. The quantitative estimate of drug-likeness (QED) is 0.911. The first-order chi connectivity index (χ1) is 9.06. The van der Waals surface area contributed by atoms with Gasteiger partial charge in [0.05, 0.1) is 0 Å². The van der Waals surface area contributed by atoms with Crippen LogP contribution in [0.4, 0.5) is 4.39 Å². The molecule has 2 rings (SSSR count). The van der Waals surface area contributed by atoms with Crippen LogP contribution in [0.5, 0.6) is 0 Å². The average Bonchev–Trinajstić information content (AvgIpc) is 2.35. The second kappa shape index (κ2) is 6.69. The second-order valence-corrected chi connectivity index (χ2v) is 5.98. The zero-order valence-corrected chi connectivity index (χ0v) is 12.4. The van der Waals surface area contributed by atoms with Gasteiger partial charge in [-0.15, -0.1) is 0 Å². The number of hydrogen-bond acceptors (Lipinski definition) is 2. The van der Waals surface area contributed by atoms with Gasteiger partial charge in [0.15, 0.2) is 0 Å². The zero-order valence-electron chi connectivity index (χ0n) is 11.6. The Kier molecular flexibility index (Phi) is 5.20. The summed E-state index contributed by atoms with van der Waals surface area (Å²) >= 11 is 6.07. The van der Waals surface area contributed by atoms with Gasteiger partial charge in [-0.25, -0.2) is 4.39 Å². The molecule has 1 saturated heterocycles. The molecule has 0 unspecified atom stereocenters. The molecule has 1 aliphatic rings. The highest BCUT2D eigenvalue weighted by Crippen LogP contribution is 2.22. The molecule has 0 spiro atoms. The van der Waals surface area contributed by atoms with Crippen molar-refractivity contribution in [2.24, 2.45) is 0 Å². The van der Waals surface area contributed by atoms with Crippen LogP contribution in [-0.4, -0.2) is 30.1 Å². The number of likely N-dealkylation sites (tertiary alicyclic amines) is 1. The summed E-state index contributed by atoms with van der Waals surface area (Å²) in [5, 5.41) is 4.09. The Morgan fingerprint density at radius 2 is 2.05 bits per heavy atom. The molecule has 0 aromatic heterocycles. The van der Waals surface area contributed by atoms with Gasteiger partial charge in [-0.1, -0.05) is 31.5 Å². The van der Waals surface area contributed by atoms with Gasteiger partial charge in [-0.2, -0.15) is 0 Å². The first kappa shape index (κ1) is 14.8. The number of halogens is 2. The van der Waals surface area contributed by atoms with Crippen molar-refractivity contribution in [2.75, 3.05) is 13.1 Å². The van der Waals surface area contributed by atoms with Crippen LogP contribution in [0.15, 0.2) is 18.2 Å². The summed E-state index contributed by atoms with van der Waals surface area (Å²) in [6.45, 7) is 6.95. The third-order valence-electron chi connectivity index (χ3n) is 3.60. The van der Waals surface area contributed by atoms with Crippen LogP contribution in [0.3, 0.4) is 0 Å². The van der Waals surface area contributed by atoms with E-state index in [2.05, 4.69) is 24.1 Å². The van der Waals surface area contributed by atoms with Gasteiger partial charge in [-0.05, 0) is 38.1 Å². The van der Waals surface area contributed by atoms with Crippen LogP contribution < -0.4 is 5.32 Å². The van der Waals surface area contributed by atoms with Gasteiger partial charge in [-0.3, -0.25) is 4.90 Å². The molecule has 1 aromatic carbocycles. The van der Waals surface area contributed by atoms with Crippen LogP contribution in [-0.2, 0) is 6.54 Å². The maximum Gasteiger partial charge on any atom is 0.129 e. The fraction of sp³-hybridized carbons (Fsp3) is 0.600. The monoisotopic (exact) mass is 284 g/mol. The molecule has 1 fully saturated rings. The molecule has 106 valence electrons. The van der Waals surface area contributed by atoms with E-state index in [-0.39, 0.29) is 5.82 Å². The van der Waals surface area contributed by atoms with Crippen molar-refractivity contribution in [1.82, 2.24) is 10.2 Å². The Balaban J connectivity index is 1.89. The molecular formula is C15H22ClFN2. The molecule has 1 N–H and O–H groups in total. The molecule has 0 atom stereocenters. The van der Waals surface area contributed by atoms with Gasteiger partial charge >= 0.3 is 0 Å². The molecule has 1 heterocycles. The fourth-order valence-corrected chi connectivity index (χ4v) is 2.86. The Labute approximate surface area is 119 Å². The summed E-state index contributed by atoms with van der Waals surface area (Å²) in [6.07, 6.45) is 2.23. The summed E-state index contributed by atoms with van der Waals surface area (Å²) in [4.78, 5) is 2.28. The van der Waals surface area contributed by atoms with Gasteiger partial charge in [0.2, 0.25) is 0 Å². The maximum atomic E-state index is 13.7. The highest BCUT2D eigenvalue weighted by atomic mass is 35.5. The van der Waals surface area contributed by atoms with Crippen molar-refractivity contribution in [2.45, 2.75) is 45.3 Å². The Hall–Kier alpha value is -0.640. The summed E-state index contributed by atoms with van der Waals surface area (Å²) < 4.78 is 13.7. The van der Waals surface area contributed by atoms with Crippen molar-refractivity contribution in [3.05, 3.63) is 34.6 Å². The molecule has 19 heavy (non-hydrogen) atoms. The minimum atomic E-state index is -0.199. The van der Waals surface area contributed by atoms with E-state index < -0.39 is 0 Å². The average molecular weight is 285 g/mol. The fourth-order valence-electron chi connectivity index (χ4n) is 2.64. The normalized spacial score (nSPS) is 18.2. The largest absolute Gasteiger partial charge is 0.312 e. The molecular weight excluding hydrogens is 263 g/mol. The van der Waals surface area contributed by atoms with E-state index in [0.717, 1.165) is 25.9 Å². The SMILES string of the molecule is CC(C)NC1CCN(Cc2c(F)cccc2Cl)CC1. The molecule has 1 aliphatic heterocycles. The smallest absolute Gasteiger partial charge is 0.129 e. The highest BCUT2D eigenvalue weighted by molar-refractivity contribution is 6.31. The molecule has 0 amide bonds. The molecule has 4 heteroatoms. The number of piperidine rings is 1. The van der Waals surface area contributed by atoms with E-state index in [9.17, 15) is 4.39 Å². The molecule has 1 aromatic rings. The topological polar surface area (TPSA) is 15.3 Å². The maximum absolute atomic E-state index is 13.7. The first-order valence-electron chi connectivity index (χ1n) is 6.97. The van der Waals surface area contributed by atoms with Crippen molar-refractivity contribution >= 4 is 11.6 Å². The van der Waals surface area contributed by atoms with E-state index in [4.69, 9.17) is 11.6 Å². The third-order valence-corrected chi connectivity index (χ3v) is 3.95. The molecule has 0 bridgehead atoms. The van der Waals surface area contributed by atoms with E-state index in [1.807, 2.05) is 0 Å². The Morgan fingerprint density at radius 3 is 2.63 bits per heavy atom. The molecule has 2 nitrogen and oxygen atoms in total. The number of nitrogens with one attached hydrogen (secondary N) is 1. The molecule has 0 saturated carbocycles. The Bertz CT molecular complexity index is 394. The van der Waals surface area contributed by atoms with Crippen LogP contribution in [0.25, 0.3) is 0 Å². The number of nitrogens with zero attached hydrogens (tertiary/aromatic N) is 1. The van der Waals surface area contributed by atoms with E-state index >= 15 is 0 Å². The van der Waals surface area contributed by atoms with Crippen LogP contribution in [0.2, 0.25) is 5.02 Å². The van der Waals surface area contributed by atoms with E-state index in [0.29, 0.717) is 29.2 Å². The van der Waals surface area contributed by atoms with Crippen molar-refractivity contribution in [3.8, 4) is 0 Å². The summed E-state index contributed by atoms with van der Waals surface area (Å²) in [6, 6.07) is 6.01. The van der Waals surface area contributed by atoms with Gasteiger partial charge < -0.3 is 5.32 Å². The predicted octanol–water partition coefficient (Wildman–Crippen LogP) is 3.44. The molecule has 0 aliphatic carbocycles. The summed E-state index contributed by atoms with van der Waals surface area (Å²) in [5.74, 6) is -0.199. The van der Waals surface area contributed by atoms with Gasteiger partial charge in [0.1, 0.15) is 5.82 Å². The van der Waals surface area contributed by atoms with E-state index in [1.54, 1.807) is 12.1 Å². The number of rotatable bonds is 4. The predicted molar refractivity (Wildman–Crippen MR) is 78.0 cm³/mol. The van der Waals surface area contributed by atoms with Gasteiger partial charge in [0, 0.05) is 29.2 Å². The van der Waals surface area contributed by atoms with Gasteiger partial charge in [0.25, 0.3) is 0 Å². The number of hydrogen-bond donors (Lipinski definition) is 1. The Morgan fingerprint density at radius 1 is 1.37 bits per heavy atom. The standard InChI is InChI=1S/C15H22ClFN2/c1-11(2)18-12-6-8-19(9-7-12)10-13-14(16)4-3-5-15(13)17/h3-5,11-12,18H,6-10H2,1-2H3. The molecule has 0 radical (unpaired) electrons. The summed E-state index contributed by atoms with van der Waals surface area (Å²) in [7, 11) is 0. The van der Waals surface area contributed by atoms with Crippen molar-refractivity contribution in [1.29, 1.82) is 0 Å².